The Morgan fingerprint density at radius 2 is 2.03 bits per heavy atom. The molecule has 0 bridgehead atoms. The van der Waals surface area contributed by atoms with Gasteiger partial charge < -0.3 is 31.0 Å². The molecular formula is C20H26N4O6. The SMILES string of the molecule is CCc1cc(=O)oc2cc(O[C@H](C)C(=O)N[C@@H](CCCN=C(N)N)C(=O)O)ccc12. The fourth-order valence-corrected chi connectivity index (χ4v) is 2.88. The molecule has 0 aliphatic carbocycles. The Morgan fingerprint density at radius 3 is 2.67 bits per heavy atom. The highest BCUT2D eigenvalue weighted by molar-refractivity contribution is 5.86. The third kappa shape index (κ3) is 6.23. The molecule has 2 rings (SSSR count). The summed E-state index contributed by atoms with van der Waals surface area (Å²) in [5.74, 6) is -1.51. The zero-order valence-electron chi connectivity index (χ0n) is 16.9. The van der Waals surface area contributed by atoms with Gasteiger partial charge in [-0.1, -0.05) is 6.92 Å². The average molecular weight is 418 g/mol. The van der Waals surface area contributed by atoms with Crippen LogP contribution in [0.4, 0.5) is 0 Å². The number of carbonyl (C=O) groups is 2. The molecule has 0 spiro atoms. The molecule has 10 heteroatoms. The quantitative estimate of drug-likeness (QED) is 0.189. The van der Waals surface area contributed by atoms with Gasteiger partial charge in [-0.25, -0.2) is 9.59 Å². The Balaban J connectivity index is 2.04. The van der Waals surface area contributed by atoms with Crippen LogP contribution in [0, 0.1) is 0 Å². The normalized spacial score (nSPS) is 12.7. The number of nitrogens with one attached hydrogen (secondary N) is 1. The number of guanidine groups is 1. The van der Waals surface area contributed by atoms with Crippen molar-refractivity contribution in [2.75, 3.05) is 6.54 Å². The van der Waals surface area contributed by atoms with Crippen LogP contribution in [0.5, 0.6) is 5.75 Å². The van der Waals surface area contributed by atoms with E-state index in [9.17, 15) is 19.5 Å². The lowest BCUT2D eigenvalue weighted by Crippen LogP contribution is -2.46. The van der Waals surface area contributed by atoms with Crippen molar-refractivity contribution in [3.05, 3.63) is 40.2 Å². The number of amides is 1. The van der Waals surface area contributed by atoms with Crippen LogP contribution < -0.4 is 27.1 Å². The van der Waals surface area contributed by atoms with E-state index in [2.05, 4.69) is 10.3 Å². The zero-order chi connectivity index (χ0) is 22.3. The molecule has 0 unspecified atom stereocenters. The minimum Gasteiger partial charge on any atom is -0.481 e. The Hall–Kier alpha value is -3.56. The van der Waals surface area contributed by atoms with Crippen LogP contribution in [0.1, 0.15) is 32.3 Å². The fourth-order valence-electron chi connectivity index (χ4n) is 2.88. The maximum atomic E-state index is 12.4. The second kappa shape index (κ2) is 10.3. The number of ether oxygens (including phenoxy) is 1. The molecule has 10 nitrogen and oxygen atoms in total. The standard InChI is InChI=1S/C20H26N4O6/c1-3-12-9-17(25)30-16-10-13(6-7-14(12)16)29-11(2)18(26)24-15(19(27)28)5-4-8-23-20(21)22/h6-7,9-11,15H,3-5,8H2,1-2H3,(H,24,26)(H,27,28)(H4,21,22,23)/t11-,15+/m1/s1. The van der Waals surface area contributed by atoms with Gasteiger partial charge in [-0.05, 0) is 43.9 Å². The predicted molar refractivity (Wildman–Crippen MR) is 111 cm³/mol. The first-order chi connectivity index (χ1) is 14.2. The number of aryl methyl sites for hydroxylation is 1. The smallest absolute Gasteiger partial charge is 0.336 e. The molecule has 2 aromatic rings. The van der Waals surface area contributed by atoms with Gasteiger partial charge in [0.05, 0.1) is 0 Å². The Labute approximate surface area is 172 Å². The largest absolute Gasteiger partial charge is 0.481 e. The van der Waals surface area contributed by atoms with Gasteiger partial charge in [-0.15, -0.1) is 0 Å². The summed E-state index contributed by atoms with van der Waals surface area (Å²) in [4.78, 5) is 39.2. The van der Waals surface area contributed by atoms with Crippen LogP contribution >= 0.6 is 0 Å². The molecule has 0 aliphatic rings. The topological polar surface area (TPSA) is 170 Å². The highest BCUT2D eigenvalue weighted by Crippen LogP contribution is 2.23. The third-order valence-corrected chi connectivity index (χ3v) is 4.42. The minimum atomic E-state index is -1.17. The van der Waals surface area contributed by atoms with E-state index >= 15 is 0 Å². The van der Waals surface area contributed by atoms with Crippen LogP contribution in [0.15, 0.2) is 38.5 Å². The summed E-state index contributed by atoms with van der Waals surface area (Å²) in [6.07, 6.45) is 0.239. The van der Waals surface area contributed by atoms with Crippen LogP contribution in [0.3, 0.4) is 0 Å². The number of carboxylic acid groups (broad SMARTS) is 1. The maximum absolute atomic E-state index is 12.4. The lowest BCUT2D eigenvalue weighted by molar-refractivity contribution is -0.143. The Morgan fingerprint density at radius 1 is 1.30 bits per heavy atom. The number of nitrogens with zero attached hydrogens (tertiary/aromatic N) is 1. The summed E-state index contributed by atoms with van der Waals surface area (Å²) in [5, 5.41) is 12.5. The molecule has 0 fully saturated rings. The molecule has 0 radical (unpaired) electrons. The maximum Gasteiger partial charge on any atom is 0.336 e. The van der Waals surface area contributed by atoms with Gasteiger partial charge in [0, 0.05) is 24.1 Å². The molecule has 0 saturated heterocycles. The van der Waals surface area contributed by atoms with E-state index in [-0.39, 0.29) is 18.9 Å². The number of carboxylic acids is 1. The summed E-state index contributed by atoms with van der Waals surface area (Å²) in [5.41, 5.74) is 11.2. The van der Waals surface area contributed by atoms with Crippen molar-refractivity contribution in [2.45, 2.75) is 45.3 Å². The monoisotopic (exact) mass is 418 g/mol. The van der Waals surface area contributed by atoms with Gasteiger partial charge in [0.2, 0.25) is 0 Å². The van der Waals surface area contributed by atoms with Gasteiger partial charge in [-0.2, -0.15) is 0 Å². The van der Waals surface area contributed by atoms with E-state index in [1.165, 1.54) is 19.1 Å². The van der Waals surface area contributed by atoms with E-state index < -0.39 is 29.6 Å². The van der Waals surface area contributed by atoms with Crippen LogP contribution in [-0.2, 0) is 16.0 Å². The molecule has 0 saturated carbocycles. The number of rotatable bonds is 10. The highest BCUT2D eigenvalue weighted by atomic mass is 16.5. The van der Waals surface area contributed by atoms with Crippen molar-refractivity contribution in [2.24, 2.45) is 16.5 Å². The third-order valence-electron chi connectivity index (χ3n) is 4.42. The molecule has 1 aromatic heterocycles. The Kier molecular flexibility index (Phi) is 7.79. The number of aliphatic carboxylic acids is 1. The van der Waals surface area contributed by atoms with Gasteiger partial charge in [-0.3, -0.25) is 9.79 Å². The fraction of sp³-hybridized carbons (Fsp3) is 0.400. The molecule has 2 atom stereocenters. The Bertz CT molecular complexity index is 996. The van der Waals surface area contributed by atoms with Crippen LogP contribution in [0.25, 0.3) is 11.0 Å². The summed E-state index contributed by atoms with van der Waals surface area (Å²) >= 11 is 0. The van der Waals surface area contributed by atoms with Crippen molar-refractivity contribution in [3.63, 3.8) is 0 Å². The molecule has 1 amide bonds. The first-order valence-electron chi connectivity index (χ1n) is 9.53. The number of nitrogens with two attached hydrogens (primary N) is 2. The van der Waals surface area contributed by atoms with E-state index in [0.29, 0.717) is 24.2 Å². The minimum absolute atomic E-state index is 0.0785. The number of benzene rings is 1. The predicted octanol–water partition coefficient (Wildman–Crippen LogP) is 0.746. The molecule has 1 aromatic carbocycles. The molecule has 0 aliphatic heterocycles. The average Bonchev–Trinajstić information content (AvgIpc) is 2.68. The highest BCUT2D eigenvalue weighted by Gasteiger charge is 2.23. The van der Waals surface area contributed by atoms with Crippen LogP contribution in [0.2, 0.25) is 0 Å². The second-order valence-electron chi connectivity index (χ2n) is 6.71. The summed E-state index contributed by atoms with van der Waals surface area (Å²) in [6.45, 7) is 3.69. The first-order valence-corrected chi connectivity index (χ1v) is 9.53. The van der Waals surface area contributed by atoms with Crippen molar-refractivity contribution >= 4 is 28.8 Å². The van der Waals surface area contributed by atoms with Gasteiger partial charge in [0.1, 0.15) is 17.4 Å². The summed E-state index contributed by atoms with van der Waals surface area (Å²) < 4.78 is 10.8. The zero-order valence-corrected chi connectivity index (χ0v) is 16.9. The van der Waals surface area contributed by atoms with E-state index in [1.807, 2.05) is 6.92 Å². The summed E-state index contributed by atoms with van der Waals surface area (Å²) in [6, 6.07) is 5.29. The molecule has 1 heterocycles. The summed E-state index contributed by atoms with van der Waals surface area (Å²) in [7, 11) is 0. The van der Waals surface area contributed by atoms with E-state index in [1.54, 1.807) is 12.1 Å². The molecule has 30 heavy (non-hydrogen) atoms. The van der Waals surface area contributed by atoms with E-state index in [0.717, 1.165) is 10.9 Å². The van der Waals surface area contributed by atoms with Crippen molar-refractivity contribution in [3.8, 4) is 5.75 Å². The number of fused-ring (bicyclic) bond motifs is 1. The van der Waals surface area contributed by atoms with Crippen molar-refractivity contribution < 1.29 is 23.8 Å². The second-order valence-corrected chi connectivity index (χ2v) is 6.71. The molecule has 162 valence electrons. The first kappa shape index (κ1) is 22.7. The number of aliphatic imine (C=N–C) groups is 1. The van der Waals surface area contributed by atoms with Crippen molar-refractivity contribution in [1.29, 1.82) is 0 Å². The molecule has 6 N–H and O–H groups in total. The number of carbonyl (C=O) groups excluding carboxylic acids is 1. The van der Waals surface area contributed by atoms with Gasteiger partial charge >= 0.3 is 11.6 Å². The van der Waals surface area contributed by atoms with Crippen LogP contribution in [-0.4, -0.2) is 41.6 Å². The van der Waals surface area contributed by atoms with Gasteiger partial charge in [0.25, 0.3) is 5.91 Å². The van der Waals surface area contributed by atoms with Crippen molar-refractivity contribution in [1.82, 2.24) is 5.32 Å². The van der Waals surface area contributed by atoms with E-state index in [4.69, 9.17) is 20.6 Å². The number of hydrogen-bond donors (Lipinski definition) is 4. The lowest BCUT2D eigenvalue weighted by atomic mass is 10.1. The molecular weight excluding hydrogens is 392 g/mol. The number of hydrogen-bond acceptors (Lipinski definition) is 6. The van der Waals surface area contributed by atoms with Gasteiger partial charge in [0.15, 0.2) is 12.1 Å². The lowest BCUT2D eigenvalue weighted by Gasteiger charge is -2.19.